The molecule has 27 heavy (non-hydrogen) atoms. The smallest absolute Gasteiger partial charge is 0.288 e. The van der Waals surface area contributed by atoms with Gasteiger partial charge in [-0.3, -0.25) is 9.59 Å². The van der Waals surface area contributed by atoms with Crippen LogP contribution < -0.4 is 15.4 Å². The molecular formula is C20H17ClN2O4. The molecule has 138 valence electrons. The second kappa shape index (κ2) is 8.42. The van der Waals surface area contributed by atoms with E-state index in [2.05, 4.69) is 10.6 Å². The number of carbonyl (C=O) groups excluding carboxylic acids is 2. The summed E-state index contributed by atoms with van der Waals surface area (Å²) in [4.78, 5) is 25.3. The molecule has 2 aromatic carbocycles. The average Bonchev–Trinajstić information content (AvgIpc) is 3.23. The van der Waals surface area contributed by atoms with Crippen LogP contribution in [0.3, 0.4) is 0 Å². The molecule has 1 atom stereocenters. The van der Waals surface area contributed by atoms with Crippen molar-refractivity contribution >= 4 is 29.0 Å². The molecule has 3 rings (SSSR count). The van der Waals surface area contributed by atoms with Gasteiger partial charge in [0, 0.05) is 16.3 Å². The Kier molecular flexibility index (Phi) is 5.78. The minimum atomic E-state index is -1.00. The van der Waals surface area contributed by atoms with Crippen molar-refractivity contribution in [2.24, 2.45) is 0 Å². The Hall–Kier alpha value is -3.25. The van der Waals surface area contributed by atoms with E-state index in [0.29, 0.717) is 22.0 Å². The Morgan fingerprint density at radius 3 is 2.33 bits per heavy atom. The van der Waals surface area contributed by atoms with Crippen LogP contribution in [0, 0.1) is 0 Å². The summed E-state index contributed by atoms with van der Waals surface area (Å²) in [6, 6.07) is 16.6. The van der Waals surface area contributed by atoms with Gasteiger partial charge in [0.25, 0.3) is 5.91 Å². The molecule has 2 N–H and O–H groups in total. The highest BCUT2D eigenvalue weighted by Gasteiger charge is 2.23. The van der Waals surface area contributed by atoms with Gasteiger partial charge in [0.2, 0.25) is 5.78 Å². The highest BCUT2D eigenvalue weighted by molar-refractivity contribution is 6.30. The molecule has 1 unspecified atom stereocenters. The number of ketones is 1. The lowest BCUT2D eigenvalue weighted by atomic mass is 10.1. The van der Waals surface area contributed by atoms with Crippen molar-refractivity contribution in [2.45, 2.75) is 6.17 Å². The molecule has 0 fully saturated rings. The molecule has 3 aromatic rings. The average molecular weight is 385 g/mol. The molecule has 0 spiro atoms. The second-order valence-electron chi connectivity index (χ2n) is 5.63. The van der Waals surface area contributed by atoms with Crippen molar-refractivity contribution in [3.05, 3.63) is 83.3 Å². The number of hydrogen-bond donors (Lipinski definition) is 2. The van der Waals surface area contributed by atoms with Gasteiger partial charge in [0.05, 0.1) is 13.4 Å². The van der Waals surface area contributed by atoms with Crippen LogP contribution in [-0.4, -0.2) is 25.0 Å². The number of halogens is 1. The first-order chi connectivity index (χ1) is 13.1. The number of anilines is 1. The van der Waals surface area contributed by atoms with Crippen molar-refractivity contribution in [3.8, 4) is 5.75 Å². The Morgan fingerprint density at radius 2 is 1.74 bits per heavy atom. The summed E-state index contributed by atoms with van der Waals surface area (Å²) in [7, 11) is 1.57. The molecule has 0 radical (unpaired) electrons. The molecule has 0 aliphatic heterocycles. The van der Waals surface area contributed by atoms with Gasteiger partial charge in [0.1, 0.15) is 5.75 Å². The van der Waals surface area contributed by atoms with Gasteiger partial charge in [-0.1, -0.05) is 11.6 Å². The standard InChI is InChI=1S/C20H17ClN2O4/c1-26-16-10-8-15(9-11-16)22-19(23-20(25)17-3-2-12-27-17)18(24)13-4-6-14(21)7-5-13/h2-12,19,22H,1H3,(H,23,25). The largest absolute Gasteiger partial charge is 0.497 e. The Bertz CT molecular complexity index is 906. The summed E-state index contributed by atoms with van der Waals surface area (Å²) in [5.74, 6) is -0.0306. The quantitative estimate of drug-likeness (QED) is 0.475. The molecule has 7 heteroatoms. The molecular weight excluding hydrogens is 368 g/mol. The predicted molar refractivity (Wildman–Crippen MR) is 102 cm³/mol. The molecule has 0 aliphatic rings. The highest BCUT2D eigenvalue weighted by Crippen LogP contribution is 2.17. The van der Waals surface area contributed by atoms with Gasteiger partial charge in [-0.15, -0.1) is 0 Å². The summed E-state index contributed by atoms with van der Waals surface area (Å²) in [6.07, 6.45) is 0.388. The van der Waals surface area contributed by atoms with E-state index in [1.807, 2.05) is 0 Å². The SMILES string of the molecule is COc1ccc(NC(NC(=O)c2ccco2)C(=O)c2ccc(Cl)cc2)cc1. The van der Waals surface area contributed by atoms with Crippen LogP contribution in [0.2, 0.25) is 5.02 Å². The fraction of sp³-hybridized carbons (Fsp3) is 0.100. The molecule has 0 aliphatic carbocycles. The van der Waals surface area contributed by atoms with Gasteiger partial charge in [-0.05, 0) is 60.7 Å². The first-order valence-corrected chi connectivity index (χ1v) is 8.49. The van der Waals surface area contributed by atoms with E-state index in [9.17, 15) is 9.59 Å². The molecule has 6 nitrogen and oxygen atoms in total. The summed E-state index contributed by atoms with van der Waals surface area (Å²) < 4.78 is 10.2. The van der Waals surface area contributed by atoms with E-state index in [0.717, 1.165) is 0 Å². The Morgan fingerprint density at radius 1 is 1.04 bits per heavy atom. The zero-order valence-corrected chi connectivity index (χ0v) is 15.2. The molecule has 1 amide bonds. The van der Waals surface area contributed by atoms with E-state index in [1.54, 1.807) is 61.7 Å². The van der Waals surface area contributed by atoms with Crippen molar-refractivity contribution in [1.82, 2.24) is 5.32 Å². The van der Waals surface area contributed by atoms with Crippen LogP contribution in [0.1, 0.15) is 20.9 Å². The first-order valence-electron chi connectivity index (χ1n) is 8.11. The molecule has 1 heterocycles. The summed E-state index contributed by atoms with van der Waals surface area (Å²) >= 11 is 5.89. The zero-order chi connectivity index (χ0) is 19.2. The van der Waals surface area contributed by atoms with Crippen LogP contribution in [0.5, 0.6) is 5.75 Å². The van der Waals surface area contributed by atoms with Crippen LogP contribution >= 0.6 is 11.6 Å². The molecule has 0 bridgehead atoms. The normalized spacial score (nSPS) is 11.5. The summed E-state index contributed by atoms with van der Waals surface area (Å²) in [5.41, 5.74) is 1.05. The van der Waals surface area contributed by atoms with Gasteiger partial charge < -0.3 is 19.8 Å². The number of furan rings is 1. The maximum absolute atomic E-state index is 12.9. The second-order valence-corrected chi connectivity index (χ2v) is 6.06. The van der Waals surface area contributed by atoms with Crippen LogP contribution in [0.15, 0.2) is 71.3 Å². The van der Waals surface area contributed by atoms with Crippen molar-refractivity contribution in [1.29, 1.82) is 0 Å². The third-order valence-electron chi connectivity index (χ3n) is 3.81. The minimum Gasteiger partial charge on any atom is -0.497 e. The Labute approximate surface area is 161 Å². The highest BCUT2D eigenvalue weighted by atomic mass is 35.5. The number of rotatable bonds is 7. The lowest BCUT2D eigenvalue weighted by Gasteiger charge is -2.20. The van der Waals surface area contributed by atoms with E-state index < -0.39 is 12.1 Å². The number of Topliss-reactive ketones (excluding diaryl/α,β-unsaturated/α-hetero) is 1. The van der Waals surface area contributed by atoms with Crippen molar-refractivity contribution in [3.63, 3.8) is 0 Å². The minimum absolute atomic E-state index is 0.112. The Balaban J connectivity index is 1.83. The third-order valence-corrected chi connectivity index (χ3v) is 4.06. The molecule has 1 aromatic heterocycles. The lowest BCUT2D eigenvalue weighted by molar-refractivity contribution is 0.0853. The maximum Gasteiger partial charge on any atom is 0.288 e. The van der Waals surface area contributed by atoms with E-state index in [1.165, 1.54) is 12.3 Å². The predicted octanol–water partition coefficient (Wildman–Crippen LogP) is 3.99. The van der Waals surface area contributed by atoms with Gasteiger partial charge >= 0.3 is 0 Å². The van der Waals surface area contributed by atoms with E-state index >= 15 is 0 Å². The van der Waals surface area contributed by atoms with Crippen LogP contribution in [0.4, 0.5) is 5.69 Å². The number of benzene rings is 2. The van der Waals surface area contributed by atoms with Crippen molar-refractivity contribution in [2.75, 3.05) is 12.4 Å². The van der Waals surface area contributed by atoms with Gasteiger partial charge in [0.15, 0.2) is 11.9 Å². The lowest BCUT2D eigenvalue weighted by Crippen LogP contribution is -2.46. The number of carbonyl (C=O) groups is 2. The maximum atomic E-state index is 12.9. The number of ether oxygens (including phenoxy) is 1. The fourth-order valence-corrected chi connectivity index (χ4v) is 2.54. The fourth-order valence-electron chi connectivity index (χ4n) is 2.41. The third kappa shape index (κ3) is 4.68. The van der Waals surface area contributed by atoms with E-state index in [-0.39, 0.29) is 11.5 Å². The number of amides is 1. The molecule has 0 saturated carbocycles. The number of nitrogens with one attached hydrogen (secondary N) is 2. The first kappa shape index (κ1) is 18.5. The number of methoxy groups -OCH3 is 1. The summed E-state index contributed by atoms with van der Waals surface area (Å²) in [5, 5.41) is 6.20. The van der Waals surface area contributed by atoms with Gasteiger partial charge in [-0.25, -0.2) is 0 Å². The van der Waals surface area contributed by atoms with Crippen molar-refractivity contribution < 1.29 is 18.7 Å². The topological polar surface area (TPSA) is 80.6 Å². The van der Waals surface area contributed by atoms with Crippen LogP contribution in [0.25, 0.3) is 0 Å². The zero-order valence-electron chi connectivity index (χ0n) is 14.4. The monoisotopic (exact) mass is 384 g/mol. The molecule has 0 saturated heterocycles. The number of hydrogen-bond acceptors (Lipinski definition) is 5. The van der Waals surface area contributed by atoms with Gasteiger partial charge in [-0.2, -0.15) is 0 Å². The van der Waals surface area contributed by atoms with E-state index in [4.69, 9.17) is 20.8 Å². The van der Waals surface area contributed by atoms with Crippen LogP contribution in [-0.2, 0) is 0 Å². The summed E-state index contributed by atoms with van der Waals surface area (Å²) in [6.45, 7) is 0.